The number of hydrogen-bond acceptors (Lipinski definition) is 0. The fourth-order valence-electron chi connectivity index (χ4n) is 1.21. The molecule has 0 saturated heterocycles. The first-order valence-electron chi connectivity index (χ1n) is 4.91. The van der Waals surface area contributed by atoms with Crippen LogP contribution in [0.1, 0.15) is 59.3 Å². The summed E-state index contributed by atoms with van der Waals surface area (Å²) < 4.78 is 0. The number of quaternary nitrogens is 1. The van der Waals surface area contributed by atoms with Crippen LogP contribution in [0.5, 0.6) is 0 Å². The first kappa shape index (κ1) is 15.2. The number of halogens is 1. The van der Waals surface area contributed by atoms with Gasteiger partial charge in [0.25, 0.3) is 0 Å². The third-order valence-corrected chi connectivity index (χ3v) is 1.96. The molecule has 0 amide bonds. The number of hydrogen-bond donors (Lipinski definition) is 1. The molecule has 0 aliphatic rings. The van der Waals surface area contributed by atoms with E-state index in [2.05, 4.69) is 26.5 Å². The molecule has 0 unspecified atom stereocenters. The van der Waals surface area contributed by atoms with E-state index >= 15 is 0 Å². The monoisotopic (exact) mass is 285 g/mol. The summed E-state index contributed by atoms with van der Waals surface area (Å²) in [6.45, 7) is 6.69. The van der Waals surface area contributed by atoms with Crippen molar-refractivity contribution < 1.29 is 29.7 Å². The van der Waals surface area contributed by atoms with E-state index in [1.807, 2.05) is 0 Å². The SMILES string of the molecule is CCCCCCCC(C)(C)[NH3+].[I-]. The zero-order valence-electron chi connectivity index (χ0n) is 8.83. The average Bonchev–Trinajstić information content (AvgIpc) is 1.85. The largest absolute Gasteiger partial charge is 1.00 e. The van der Waals surface area contributed by atoms with Crippen molar-refractivity contribution in [2.24, 2.45) is 0 Å². The molecule has 0 bridgehead atoms. The van der Waals surface area contributed by atoms with Crippen molar-refractivity contribution in [3.05, 3.63) is 0 Å². The van der Waals surface area contributed by atoms with E-state index in [1.54, 1.807) is 0 Å². The quantitative estimate of drug-likeness (QED) is 0.497. The molecule has 3 N–H and O–H groups in total. The smallest absolute Gasteiger partial charge is 0.0889 e. The molecular formula is C10H24IN. The van der Waals surface area contributed by atoms with Crippen LogP contribution in [-0.2, 0) is 0 Å². The van der Waals surface area contributed by atoms with Gasteiger partial charge in [-0.05, 0) is 20.3 Å². The van der Waals surface area contributed by atoms with Crippen molar-refractivity contribution in [2.45, 2.75) is 64.8 Å². The molecule has 1 nitrogen and oxygen atoms in total. The van der Waals surface area contributed by atoms with Gasteiger partial charge in [-0.15, -0.1) is 0 Å². The lowest BCUT2D eigenvalue weighted by molar-refractivity contribution is -0.467. The van der Waals surface area contributed by atoms with Crippen LogP contribution in [0.15, 0.2) is 0 Å². The number of unbranched alkanes of at least 4 members (excludes halogenated alkanes) is 4. The van der Waals surface area contributed by atoms with Crippen LogP contribution in [0.3, 0.4) is 0 Å². The van der Waals surface area contributed by atoms with E-state index in [1.165, 1.54) is 38.5 Å². The van der Waals surface area contributed by atoms with E-state index in [9.17, 15) is 0 Å². The Hall–Kier alpha value is 0.690. The first-order chi connectivity index (χ1) is 5.06. The van der Waals surface area contributed by atoms with Gasteiger partial charge in [-0.2, -0.15) is 0 Å². The Balaban J connectivity index is 0. The minimum absolute atomic E-state index is 0. The summed E-state index contributed by atoms with van der Waals surface area (Å²) in [7, 11) is 0. The highest BCUT2D eigenvalue weighted by molar-refractivity contribution is 4.62. The minimum Gasteiger partial charge on any atom is -1.00 e. The Bertz CT molecular complexity index is 86.3. The third kappa shape index (κ3) is 13.3. The molecule has 12 heavy (non-hydrogen) atoms. The van der Waals surface area contributed by atoms with Gasteiger partial charge >= 0.3 is 0 Å². The maximum Gasteiger partial charge on any atom is 0.0889 e. The highest BCUT2D eigenvalue weighted by Gasteiger charge is 2.12. The molecule has 0 aromatic rings. The second-order valence-electron chi connectivity index (χ2n) is 4.33. The maximum atomic E-state index is 4.09. The molecule has 76 valence electrons. The molecule has 0 aromatic carbocycles. The van der Waals surface area contributed by atoms with Gasteiger partial charge in [0.15, 0.2) is 0 Å². The standard InChI is InChI=1S/C10H23N.HI/c1-4-5-6-7-8-9-10(2,3)11;/h4-9,11H2,1-3H3;1H. The Labute approximate surface area is 94.5 Å². The van der Waals surface area contributed by atoms with Crippen molar-refractivity contribution in [1.29, 1.82) is 0 Å². The summed E-state index contributed by atoms with van der Waals surface area (Å²) in [6.07, 6.45) is 8.18. The average molecular weight is 285 g/mol. The van der Waals surface area contributed by atoms with Crippen LogP contribution in [0.2, 0.25) is 0 Å². The summed E-state index contributed by atoms with van der Waals surface area (Å²) in [5.41, 5.74) is 4.39. The molecule has 2 heteroatoms. The normalized spacial score (nSPS) is 11.0. The fourth-order valence-corrected chi connectivity index (χ4v) is 1.21. The van der Waals surface area contributed by atoms with Gasteiger partial charge in [0, 0.05) is 6.42 Å². The predicted octanol–water partition coefficient (Wildman–Crippen LogP) is -0.629. The van der Waals surface area contributed by atoms with Crippen LogP contribution in [0.25, 0.3) is 0 Å². The van der Waals surface area contributed by atoms with Gasteiger partial charge in [0.2, 0.25) is 0 Å². The van der Waals surface area contributed by atoms with Gasteiger partial charge in [-0.25, -0.2) is 0 Å². The molecule has 0 radical (unpaired) electrons. The molecule has 0 heterocycles. The first-order valence-corrected chi connectivity index (χ1v) is 4.91. The molecule has 0 rings (SSSR count). The molecule has 0 spiro atoms. The molecular weight excluding hydrogens is 261 g/mol. The van der Waals surface area contributed by atoms with Gasteiger partial charge in [-0.1, -0.05) is 32.6 Å². The van der Waals surface area contributed by atoms with Crippen molar-refractivity contribution in [3.8, 4) is 0 Å². The predicted molar refractivity (Wildman–Crippen MR) is 50.3 cm³/mol. The summed E-state index contributed by atoms with van der Waals surface area (Å²) in [5, 5.41) is 0. The van der Waals surface area contributed by atoms with Crippen LogP contribution in [-0.4, -0.2) is 5.54 Å². The van der Waals surface area contributed by atoms with Crippen molar-refractivity contribution in [3.63, 3.8) is 0 Å². The van der Waals surface area contributed by atoms with Crippen molar-refractivity contribution in [2.75, 3.05) is 0 Å². The maximum absolute atomic E-state index is 4.09. The van der Waals surface area contributed by atoms with Gasteiger partial charge in [0.05, 0.1) is 5.54 Å². The van der Waals surface area contributed by atoms with Crippen LogP contribution < -0.4 is 29.7 Å². The molecule has 0 aliphatic heterocycles. The summed E-state index contributed by atoms with van der Waals surface area (Å²) >= 11 is 0. The summed E-state index contributed by atoms with van der Waals surface area (Å²) in [4.78, 5) is 0. The summed E-state index contributed by atoms with van der Waals surface area (Å²) in [6, 6.07) is 0. The van der Waals surface area contributed by atoms with Gasteiger partial charge in [-0.3, -0.25) is 0 Å². The lowest BCUT2D eigenvalue weighted by atomic mass is 9.98. The Morgan fingerprint density at radius 1 is 1.00 bits per heavy atom. The molecule has 0 saturated carbocycles. The van der Waals surface area contributed by atoms with Crippen LogP contribution >= 0.6 is 0 Å². The molecule has 0 atom stereocenters. The second kappa shape index (κ2) is 8.30. The molecule has 0 fully saturated rings. The third-order valence-electron chi connectivity index (χ3n) is 1.96. The molecule has 0 aliphatic carbocycles. The number of rotatable bonds is 6. The van der Waals surface area contributed by atoms with E-state index in [0.717, 1.165) is 0 Å². The van der Waals surface area contributed by atoms with Gasteiger partial charge in [0.1, 0.15) is 0 Å². The minimum atomic E-state index is 0. The zero-order chi connectivity index (χ0) is 8.74. The second-order valence-corrected chi connectivity index (χ2v) is 4.33. The topological polar surface area (TPSA) is 27.6 Å². The van der Waals surface area contributed by atoms with Crippen LogP contribution in [0, 0.1) is 0 Å². The summed E-state index contributed by atoms with van der Waals surface area (Å²) in [5.74, 6) is 0. The highest BCUT2D eigenvalue weighted by atomic mass is 127. The van der Waals surface area contributed by atoms with Gasteiger partial charge < -0.3 is 29.7 Å². The Kier molecular flexibility index (Phi) is 10.5. The lowest BCUT2D eigenvalue weighted by Gasteiger charge is -2.13. The van der Waals surface area contributed by atoms with E-state index in [0.29, 0.717) is 5.54 Å². The molecule has 0 aromatic heterocycles. The Morgan fingerprint density at radius 2 is 1.50 bits per heavy atom. The zero-order valence-corrected chi connectivity index (χ0v) is 11.0. The highest BCUT2D eigenvalue weighted by Crippen LogP contribution is 2.10. The van der Waals surface area contributed by atoms with Crippen LogP contribution in [0.4, 0.5) is 0 Å². The Morgan fingerprint density at radius 3 is 1.92 bits per heavy atom. The van der Waals surface area contributed by atoms with E-state index in [-0.39, 0.29) is 24.0 Å². The van der Waals surface area contributed by atoms with E-state index in [4.69, 9.17) is 0 Å². The van der Waals surface area contributed by atoms with Crippen molar-refractivity contribution in [1.82, 2.24) is 0 Å². The lowest BCUT2D eigenvalue weighted by Crippen LogP contribution is -3.00. The van der Waals surface area contributed by atoms with Crippen molar-refractivity contribution >= 4 is 0 Å². The van der Waals surface area contributed by atoms with E-state index < -0.39 is 0 Å². The fraction of sp³-hybridized carbons (Fsp3) is 1.00.